The van der Waals surface area contributed by atoms with Crippen LogP contribution < -0.4 is 9.97 Å². The average molecular weight is 285 g/mol. The Hall–Kier alpha value is -2.47. The number of H-pyrrole nitrogens is 2. The van der Waals surface area contributed by atoms with Gasteiger partial charge in [0.25, 0.3) is 10.7 Å². The molecule has 2 aromatic heterocycles. The van der Waals surface area contributed by atoms with Crippen molar-refractivity contribution in [1.82, 2.24) is 0 Å². The number of nitro groups is 1. The first-order valence-corrected chi connectivity index (χ1v) is 6.79. The van der Waals surface area contributed by atoms with E-state index in [1.165, 1.54) is 23.9 Å². The van der Waals surface area contributed by atoms with E-state index < -0.39 is 4.92 Å². The quantitative estimate of drug-likeness (QED) is 0.548. The first kappa shape index (κ1) is 12.6. The minimum absolute atomic E-state index is 0.0760. The molecule has 0 fully saturated rings. The summed E-state index contributed by atoms with van der Waals surface area (Å²) >= 11 is 1.42. The normalized spacial score (nSPS) is 10.6. The van der Waals surface area contributed by atoms with Crippen molar-refractivity contribution in [3.05, 3.63) is 64.8 Å². The Morgan fingerprint density at radius 3 is 2.75 bits per heavy atom. The summed E-state index contributed by atoms with van der Waals surface area (Å²) < 4.78 is 0. The van der Waals surface area contributed by atoms with E-state index in [1.54, 1.807) is 6.20 Å². The Bertz CT molecular complexity index is 792. The highest BCUT2D eigenvalue weighted by atomic mass is 32.2. The van der Waals surface area contributed by atoms with E-state index in [1.807, 2.05) is 36.4 Å². The molecule has 1 aromatic carbocycles. The average Bonchev–Trinajstić information content (AvgIpc) is 2.47. The zero-order valence-electron chi connectivity index (χ0n) is 10.4. The van der Waals surface area contributed by atoms with E-state index in [4.69, 9.17) is 0 Å². The highest BCUT2D eigenvalue weighted by molar-refractivity contribution is 7.99. The lowest BCUT2D eigenvalue weighted by molar-refractivity contribution is -0.435. The molecule has 0 aliphatic heterocycles. The maximum Gasteiger partial charge on any atom is 0.282 e. The van der Waals surface area contributed by atoms with Gasteiger partial charge in [-0.3, -0.25) is 10.1 Å². The van der Waals surface area contributed by atoms with Gasteiger partial charge >= 0.3 is 0 Å². The van der Waals surface area contributed by atoms with Crippen molar-refractivity contribution in [1.29, 1.82) is 0 Å². The first-order chi connectivity index (χ1) is 9.72. The van der Waals surface area contributed by atoms with Crippen molar-refractivity contribution in [2.24, 2.45) is 0 Å². The molecule has 0 saturated carbocycles. The molecule has 0 aliphatic rings. The lowest BCUT2D eigenvalue weighted by Gasteiger charge is -1.94. The lowest BCUT2D eigenvalue weighted by atomic mass is 10.2. The number of fused-ring (bicyclic) bond motifs is 1. The van der Waals surface area contributed by atoms with Crippen molar-refractivity contribution in [2.75, 3.05) is 0 Å². The molecule has 0 amide bonds. The van der Waals surface area contributed by atoms with Gasteiger partial charge in [0.05, 0.1) is 17.1 Å². The van der Waals surface area contributed by atoms with Gasteiger partial charge in [-0.25, -0.2) is 4.98 Å². The van der Waals surface area contributed by atoms with Crippen LogP contribution in [0.25, 0.3) is 10.9 Å². The summed E-state index contributed by atoms with van der Waals surface area (Å²) in [5, 5.41) is 13.5. The van der Waals surface area contributed by atoms with Crippen molar-refractivity contribution in [3.8, 4) is 0 Å². The fourth-order valence-corrected chi connectivity index (χ4v) is 2.72. The van der Waals surface area contributed by atoms with Gasteiger partial charge < -0.3 is 0 Å². The Kier molecular flexibility index (Phi) is 3.30. The second-order valence-corrected chi connectivity index (χ2v) is 5.26. The molecule has 6 heteroatoms. The van der Waals surface area contributed by atoms with Crippen molar-refractivity contribution >= 4 is 28.4 Å². The van der Waals surface area contributed by atoms with E-state index in [0.29, 0.717) is 5.03 Å². The van der Waals surface area contributed by atoms with Crippen molar-refractivity contribution in [3.63, 3.8) is 0 Å². The summed E-state index contributed by atoms with van der Waals surface area (Å²) in [5.74, 6) is 0. The van der Waals surface area contributed by atoms with E-state index in [2.05, 4.69) is 9.97 Å². The number of benzene rings is 1. The molecule has 0 atom stereocenters. The third-order valence-electron chi connectivity index (χ3n) is 2.82. The monoisotopic (exact) mass is 285 g/mol. The van der Waals surface area contributed by atoms with Crippen LogP contribution in [0.15, 0.2) is 64.8 Å². The summed E-state index contributed by atoms with van der Waals surface area (Å²) in [6, 6.07) is 14.9. The van der Waals surface area contributed by atoms with Crippen molar-refractivity contribution < 1.29 is 14.9 Å². The van der Waals surface area contributed by atoms with Crippen LogP contribution in [0.3, 0.4) is 0 Å². The molecule has 0 saturated heterocycles. The molecule has 0 aliphatic carbocycles. The highest BCUT2D eigenvalue weighted by Crippen LogP contribution is 2.24. The topological polar surface area (TPSA) is 71.4 Å². The van der Waals surface area contributed by atoms with Gasteiger partial charge in [0, 0.05) is 29.3 Å². The molecule has 20 heavy (non-hydrogen) atoms. The molecule has 0 bridgehead atoms. The molecule has 2 N–H and O–H groups in total. The van der Waals surface area contributed by atoms with E-state index in [-0.39, 0.29) is 5.69 Å². The molecule has 98 valence electrons. The van der Waals surface area contributed by atoms with Crippen LogP contribution in [0.2, 0.25) is 0 Å². The lowest BCUT2D eigenvalue weighted by Crippen LogP contribution is -2.10. The fourth-order valence-electron chi connectivity index (χ4n) is 1.88. The number of aromatic nitrogens is 2. The number of rotatable bonds is 3. The SMILES string of the molecule is O=[N+]([O-])c1cc[nH+]c(Sc2ccc3ccccc3[nH+]2)c1. The third-order valence-corrected chi connectivity index (χ3v) is 3.74. The molecule has 3 rings (SSSR count). The molecule has 3 aromatic rings. The minimum atomic E-state index is -0.401. The number of nitrogens with zero attached hydrogens (tertiary/aromatic N) is 1. The fraction of sp³-hybridized carbons (Fsp3) is 0. The molecule has 0 spiro atoms. The van der Waals surface area contributed by atoms with Crippen molar-refractivity contribution in [2.45, 2.75) is 10.1 Å². The van der Waals surface area contributed by atoms with Crippen LogP contribution in [0.1, 0.15) is 0 Å². The summed E-state index contributed by atoms with van der Waals surface area (Å²) in [6.45, 7) is 0. The largest absolute Gasteiger partial charge is 0.282 e. The number of aromatic amines is 2. The van der Waals surface area contributed by atoms with Crippen LogP contribution >= 0.6 is 11.8 Å². The van der Waals surface area contributed by atoms with Crippen LogP contribution in [0.4, 0.5) is 5.69 Å². The van der Waals surface area contributed by atoms with Gasteiger partial charge in [0.1, 0.15) is 0 Å². The zero-order chi connectivity index (χ0) is 13.9. The molecular weight excluding hydrogens is 274 g/mol. The predicted octanol–water partition coefficient (Wildman–Crippen LogP) is 2.53. The number of pyridine rings is 2. The summed E-state index contributed by atoms with van der Waals surface area (Å²) in [6.07, 6.45) is 1.57. The van der Waals surface area contributed by atoms with Gasteiger partial charge in [0.2, 0.25) is 10.5 Å². The Morgan fingerprint density at radius 2 is 1.90 bits per heavy atom. The second-order valence-electron chi connectivity index (χ2n) is 4.18. The summed E-state index contributed by atoms with van der Waals surface area (Å²) in [5.41, 5.74) is 1.11. The third kappa shape index (κ3) is 2.60. The van der Waals surface area contributed by atoms with Gasteiger partial charge in [-0.1, -0.05) is 12.1 Å². The number of hydrogen-bond donors (Lipinski definition) is 0. The summed E-state index contributed by atoms with van der Waals surface area (Å²) in [4.78, 5) is 16.7. The van der Waals surface area contributed by atoms with Crippen LogP contribution in [-0.2, 0) is 0 Å². The van der Waals surface area contributed by atoms with Crippen LogP contribution in [-0.4, -0.2) is 4.92 Å². The maximum absolute atomic E-state index is 10.8. The van der Waals surface area contributed by atoms with Gasteiger partial charge in [-0.05, 0) is 12.1 Å². The first-order valence-electron chi connectivity index (χ1n) is 5.97. The standard InChI is InChI=1S/C14H9N3O2S/c18-17(19)11-7-8-15-14(9-11)20-13-6-5-10-3-1-2-4-12(10)16-13/h1-9H/p+2. The predicted molar refractivity (Wildman–Crippen MR) is 74.3 cm³/mol. The van der Waals surface area contributed by atoms with E-state index in [9.17, 15) is 10.1 Å². The van der Waals surface area contributed by atoms with Gasteiger partial charge in [-0.2, -0.15) is 4.98 Å². The zero-order valence-corrected chi connectivity index (χ0v) is 11.2. The van der Waals surface area contributed by atoms with Crippen LogP contribution in [0.5, 0.6) is 0 Å². The smallest absolute Gasteiger partial charge is 0.258 e. The molecule has 5 nitrogen and oxygen atoms in total. The minimum Gasteiger partial charge on any atom is -0.258 e. The number of nitrogens with one attached hydrogen (secondary N) is 2. The van der Waals surface area contributed by atoms with E-state index in [0.717, 1.165) is 15.9 Å². The van der Waals surface area contributed by atoms with E-state index >= 15 is 0 Å². The summed E-state index contributed by atoms with van der Waals surface area (Å²) in [7, 11) is 0. The Balaban J connectivity index is 1.92. The van der Waals surface area contributed by atoms with Gasteiger partial charge in [0.15, 0.2) is 6.20 Å². The van der Waals surface area contributed by atoms with Crippen LogP contribution in [0, 0.1) is 10.1 Å². The maximum atomic E-state index is 10.8. The molecule has 0 unspecified atom stereocenters. The number of para-hydroxylation sites is 1. The Morgan fingerprint density at radius 1 is 1.05 bits per heavy atom. The second kappa shape index (κ2) is 5.26. The molecule has 0 radical (unpaired) electrons. The molecule has 2 heterocycles. The van der Waals surface area contributed by atoms with Gasteiger partial charge in [-0.15, -0.1) is 0 Å². The Labute approximate surface area is 118 Å². The molecular formula is C14H11N3O2S+2. The highest BCUT2D eigenvalue weighted by Gasteiger charge is 2.16. The number of hydrogen-bond acceptors (Lipinski definition) is 3.